The smallest absolute Gasteiger partial charge is 0.225 e. The molecule has 14 heteroatoms. The number of aliphatic hydroxyl groups is 1. The van der Waals surface area contributed by atoms with Crippen LogP contribution in [-0.4, -0.2) is 99.5 Å². The van der Waals surface area contributed by atoms with E-state index in [9.17, 15) is 9.00 Å². The van der Waals surface area contributed by atoms with Gasteiger partial charge >= 0.3 is 0 Å². The number of anilines is 1. The van der Waals surface area contributed by atoms with Gasteiger partial charge in [-0.25, -0.2) is 19.2 Å². The quantitative estimate of drug-likeness (QED) is 0.214. The Morgan fingerprint density at radius 3 is 2.08 bits per heavy atom. The SMILES string of the molecule is C.CC.CC(C=O)CCN1CCN(c2ncc(Oc3cc(CN4CCC5CC5CC4)cc(-c4cc(Cl)cc(Cl)c4)n3)cn2)CC1.CO.CS(N)=O. The number of carbonyl (C=O) groups is 1. The predicted molar refractivity (Wildman–Crippen MR) is 211 cm³/mol. The summed E-state index contributed by atoms with van der Waals surface area (Å²) in [6.45, 7) is 13.6. The summed E-state index contributed by atoms with van der Waals surface area (Å²) >= 11 is 12.7. The lowest BCUT2D eigenvalue weighted by Gasteiger charge is -2.34. The molecule has 0 radical (unpaired) electrons. The standard InChI is InChI=1S/C32H38Cl2N6O2.C2H6.CH5NOS.CH4O.CH4/c1-22(21-41)2-5-38-8-10-40(11-9-38)32-35-18-29(19-36-32)42-31-13-23(20-39-6-3-24-14-25(24)4-7-39)12-30(37-31)26-15-27(33)17-28(34)16-26;1-2;1-4(2)3;1-2;/h12-13,15-19,21-22,24-25H,2-11,14,20H2,1H3;1-2H3;2H2,1H3;2H,1H3;1H4. The number of aldehydes is 1. The van der Waals surface area contributed by atoms with E-state index >= 15 is 0 Å². The van der Waals surface area contributed by atoms with Gasteiger partial charge in [0.25, 0.3) is 0 Å². The van der Waals surface area contributed by atoms with Gasteiger partial charge in [0.2, 0.25) is 11.8 Å². The number of aromatic nitrogens is 3. The van der Waals surface area contributed by atoms with E-state index in [0.29, 0.717) is 27.6 Å². The van der Waals surface area contributed by atoms with Crippen LogP contribution in [0.3, 0.4) is 0 Å². The summed E-state index contributed by atoms with van der Waals surface area (Å²) < 4.78 is 15.6. The number of benzene rings is 1. The Kier molecular flexibility index (Phi) is 20.1. The summed E-state index contributed by atoms with van der Waals surface area (Å²) in [6, 6.07) is 9.61. The van der Waals surface area contributed by atoms with Crippen LogP contribution in [0.25, 0.3) is 11.3 Å². The van der Waals surface area contributed by atoms with Crippen LogP contribution in [0, 0.1) is 17.8 Å². The van der Waals surface area contributed by atoms with Crippen molar-refractivity contribution in [2.45, 2.75) is 60.4 Å². The minimum absolute atomic E-state index is 0. The van der Waals surface area contributed by atoms with Crippen LogP contribution in [-0.2, 0) is 22.3 Å². The molecule has 4 unspecified atom stereocenters. The number of nitrogens with zero attached hydrogens (tertiary/aromatic N) is 6. The van der Waals surface area contributed by atoms with E-state index in [1.54, 1.807) is 18.5 Å². The van der Waals surface area contributed by atoms with Gasteiger partial charge in [-0.2, -0.15) is 0 Å². The Hall–Kier alpha value is -2.71. The summed E-state index contributed by atoms with van der Waals surface area (Å²) in [5, 5.41) is 12.7. The number of nitrogens with two attached hydrogens (primary N) is 1. The molecule has 3 N–H and O–H groups in total. The van der Waals surface area contributed by atoms with Crippen molar-refractivity contribution in [1.29, 1.82) is 0 Å². The fourth-order valence-electron chi connectivity index (χ4n) is 6.07. The zero-order valence-corrected chi connectivity index (χ0v) is 32.3. The highest BCUT2D eigenvalue weighted by Crippen LogP contribution is 2.45. The van der Waals surface area contributed by atoms with Gasteiger partial charge in [0.1, 0.15) is 6.29 Å². The molecule has 6 rings (SSSR count). The van der Waals surface area contributed by atoms with Crippen LogP contribution in [0.5, 0.6) is 11.6 Å². The van der Waals surface area contributed by atoms with Gasteiger partial charge in [0.05, 0.1) is 29.1 Å². The van der Waals surface area contributed by atoms with E-state index in [-0.39, 0.29) is 13.3 Å². The van der Waals surface area contributed by atoms with E-state index in [2.05, 4.69) is 35.9 Å². The van der Waals surface area contributed by atoms with Crippen LogP contribution in [0.1, 0.15) is 59.4 Å². The molecule has 3 fully saturated rings. The molecule has 0 bridgehead atoms. The number of hydrogen-bond acceptors (Lipinski definition) is 10. The van der Waals surface area contributed by atoms with Crippen LogP contribution >= 0.6 is 23.2 Å². The van der Waals surface area contributed by atoms with Gasteiger partial charge in [0, 0.05) is 73.7 Å². The molecule has 1 saturated carbocycles. The zero-order chi connectivity index (χ0) is 36.6. The molecule has 284 valence electrons. The van der Waals surface area contributed by atoms with Crippen LogP contribution in [0.4, 0.5) is 5.95 Å². The summed E-state index contributed by atoms with van der Waals surface area (Å²) in [4.78, 5) is 32.1. The number of hydrogen-bond donors (Lipinski definition) is 2. The number of ether oxygens (including phenoxy) is 1. The number of likely N-dealkylation sites (tertiary alicyclic amines) is 1. The first-order chi connectivity index (χ1) is 24.1. The second-order valence-corrected chi connectivity index (χ2v) is 14.4. The molecular formula is C37H57Cl2N7O4S. The molecule has 1 aliphatic carbocycles. The lowest BCUT2D eigenvalue weighted by Crippen LogP contribution is -2.47. The van der Waals surface area contributed by atoms with Crippen molar-refractivity contribution in [1.82, 2.24) is 24.8 Å². The topological polar surface area (TPSA) is 138 Å². The number of carbonyl (C=O) groups excluding carboxylic acids is 1. The monoisotopic (exact) mass is 765 g/mol. The number of aliphatic hydroxyl groups excluding tert-OH is 1. The molecule has 2 saturated heterocycles. The fraction of sp³-hybridized carbons (Fsp3) is 0.568. The first-order valence-corrected chi connectivity index (χ1v) is 19.7. The Labute approximate surface area is 317 Å². The summed E-state index contributed by atoms with van der Waals surface area (Å²) in [7, 11) is -0.111. The van der Waals surface area contributed by atoms with E-state index in [4.69, 9.17) is 38.0 Å². The van der Waals surface area contributed by atoms with Crippen LogP contribution in [0.15, 0.2) is 42.7 Å². The van der Waals surface area contributed by atoms with Gasteiger partial charge < -0.3 is 19.5 Å². The van der Waals surface area contributed by atoms with Crippen molar-refractivity contribution in [3.8, 4) is 22.9 Å². The third-order valence-corrected chi connectivity index (χ3v) is 9.19. The van der Waals surface area contributed by atoms with E-state index in [1.165, 1.54) is 25.5 Å². The number of piperazine rings is 1. The second-order valence-electron chi connectivity index (χ2n) is 12.5. The van der Waals surface area contributed by atoms with Crippen molar-refractivity contribution in [2.75, 3.05) is 64.1 Å². The van der Waals surface area contributed by atoms with Gasteiger partial charge in [-0.05, 0) is 87.0 Å². The Morgan fingerprint density at radius 1 is 0.961 bits per heavy atom. The van der Waals surface area contributed by atoms with Crippen molar-refractivity contribution < 1.29 is 18.8 Å². The van der Waals surface area contributed by atoms with Crippen molar-refractivity contribution in [3.05, 3.63) is 58.3 Å². The van der Waals surface area contributed by atoms with Gasteiger partial charge in [-0.15, -0.1) is 0 Å². The van der Waals surface area contributed by atoms with Gasteiger partial charge in [-0.1, -0.05) is 51.4 Å². The largest absolute Gasteiger partial charge is 0.436 e. The van der Waals surface area contributed by atoms with Crippen molar-refractivity contribution in [3.63, 3.8) is 0 Å². The maximum Gasteiger partial charge on any atom is 0.225 e. The predicted octanol–water partition coefficient (Wildman–Crippen LogP) is 6.73. The number of fused-ring (bicyclic) bond motifs is 1. The molecule has 2 aliphatic heterocycles. The van der Waals surface area contributed by atoms with E-state index < -0.39 is 11.0 Å². The Bertz CT molecular complexity index is 1460. The number of halogens is 2. The third kappa shape index (κ3) is 15.0. The van der Waals surface area contributed by atoms with Gasteiger partial charge in [-0.3, -0.25) is 14.9 Å². The molecule has 11 nitrogen and oxygen atoms in total. The molecular weight excluding hydrogens is 709 g/mol. The highest BCUT2D eigenvalue weighted by molar-refractivity contribution is 7.81. The first kappa shape index (κ1) is 44.5. The molecule has 4 atom stereocenters. The normalized spacial score (nSPS) is 19.4. The Balaban J connectivity index is 0.000000923. The molecule has 3 aliphatic rings. The minimum Gasteiger partial charge on any atom is -0.436 e. The number of rotatable bonds is 10. The molecule has 0 amide bonds. The molecule has 2 aromatic heterocycles. The molecule has 0 spiro atoms. The molecule has 1 aromatic carbocycles. The highest BCUT2D eigenvalue weighted by atomic mass is 35.5. The maximum atomic E-state index is 10.9. The number of pyridine rings is 1. The second kappa shape index (κ2) is 23.1. The maximum absolute atomic E-state index is 10.9. The molecule has 51 heavy (non-hydrogen) atoms. The van der Waals surface area contributed by atoms with Crippen LogP contribution < -0.4 is 14.8 Å². The average molecular weight is 767 g/mol. The van der Waals surface area contributed by atoms with Gasteiger partial charge in [0.15, 0.2) is 5.75 Å². The fourth-order valence-corrected chi connectivity index (χ4v) is 6.59. The first-order valence-electron chi connectivity index (χ1n) is 17.3. The van der Waals surface area contributed by atoms with E-state index in [0.717, 1.165) is 101 Å². The lowest BCUT2D eigenvalue weighted by molar-refractivity contribution is -0.110. The summed E-state index contributed by atoms with van der Waals surface area (Å²) in [5.41, 5.74) is 2.75. The molecule has 3 aromatic rings. The van der Waals surface area contributed by atoms with E-state index in [1.807, 2.05) is 39.0 Å². The lowest BCUT2D eigenvalue weighted by atomic mass is 10.1. The summed E-state index contributed by atoms with van der Waals surface area (Å²) in [6.07, 6.45) is 10.8. The van der Waals surface area contributed by atoms with Crippen LogP contribution in [0.2, 0.25) is 10.0 Å². The zero-order valence-electron chi connectivity index (χ0n) is 29.9. The highest BCUT2D eigenvalue weighted by Gasteiger charge is 2.38. The third-order valence-electron chi connectivity index (χ3n) is 8.75. The average Bonchev–Trinajstić information content (AvgIpc) is 3.90. The summed E-state index contributed by atoms with van der Waals surface area (Å²) in [5.74, 6) is 3.69. The van der Waals surface area contributed by atoms with Crippen molar-refractivity contribution in [2.24, 2.45) is 22.9 Å². The van der Waals surface area contributed by atoms with Crippen molar-refractivity contribution >= 4 is 46.4 Å². The Morgan fingerprint density at radius 2 is 1.53 bits per heavy atom. The minimum atomic E-state index is -1.11. The molecule has 4 heterocycles.